The lowest BCUT2D eigenvalue weighted by atomic mass is 10.1. The second-order valence-corrected chi connectivity index (χ2v) is 8.34. The summed E-state index contributed by atoms with van der Waals surface area (Å²) >= 11 is 0. The van der Waals surface area contributed by atoms with Crippen molar-refractivity contribution in [2.24, 2.45) is 11.8 Å². The number of benzene rings is 1. The first-order valence-corrected chi connectivity index (χ1v) is 10.5. The van der Waals surface area contributed by atoms with Crippen LogP contribution in [0.3, 0.4) is 0 Å². The van der Waals surface area contributed by atoms with Crippen LogP contribution in [0.15, 0.2) is 24.3 Å². The van der Waals surface area contributed by atoms with Crippen LogP contribution in [0.25, 0.3) is 6.08 Å². The minimum atomic E-state index is -0.131. The molecule has 1 aromatic carbocycles. The third-order valence-corrected chi connectivity index (χ3v) is 4.54. The minimum absolute atomic E-state index is 0.0392. The Balaban J connectivity index is 1.83. The van der Waals surface area contributed by atoms with Gasteiger partial charge in [-0.05, 0) is 35.6 Å². The van der Waals surface area contributed by atoms with Crippen molar-refractivity contribution < 1.29 is 19.0 Å². The molecule has 2 rings (SSSR count). The Bertz CT molecular complexity index is 673. The first-order chi connectivity index (χ1) is 13.9. The molecule has 6 heteroatoms. The molecule has 1 heterocycles. The van der Waals surface area contributed by atoms with Crippen LogP contribution < -0.4 is 14.8 Å². The lowest BCUT2D eigenvalue weighted by Gasteiger charge is -2.33. The number of hydrogen-bond acceptors (Lipinski definition) is 5. The van der Waals surface area contributed by atoms with Gasteiger partial charge in [-0.15, -0.1) is 0 Å². The Kier molecular flexibility index (Phi) is 9.48. The lowest BCUT2D eigenvalue weighted by molar-refractivity contribution is -0.117. The molecule has 1 N–H and O–H groups in total. The van der Waals surface area contributed by atoms with Gasteiger partial charge in [0.1, 0.15) is 0 Å². The fraction of sp³-hybridized carbons (Fsp3) is 0.609. The lowest BCUT2D eigenvalue weighted by Crippen LogP contribution is -2.48. The average Bonchev–Trinajstić information content (AvgIpc) is 2.69. The Morgan fingerprint density at radius 2 is 2.07 bits per heavy atom. The molecule has 0 saturated carbocycles. The van der Waals surface area contributed by atoms with E-state index in [9.17, 15) is 4.79 Å². The highest BCUT2D eigenvalue weighted by molar-refractivity contribution is 5.91. The van der Waals surface area contributed by atoms with Gasteiger partial charge in [-0.25, -0.2) is 0 Å². The SMILES string of the molecule is COc1cc(/C=C/C(=O)NCC2CN(CC(C)C)CCO2)ccc1OCC(C)C. The van der Waals surface area contributed by atoms with Crippen molar-refractivity contribution in [3.05, 3.63) is 29.8 Å². The third kappa shape index (κ3) is 8.46. The van der Waals surface area contributed by atoms with E-state index in [0.29, 0.717) is 43.1 Å². The predicted molar refractivity (Wildman–Crippen MR) is 116 cm³/mol. The summed E-state index contributed by atoms with van der Waals surface area (Å²) in [4.78, 5) is 14.6. The first kappa shape index (κ1) is 23.2. The maximum absolute atomic E-state index is 12.2. The summed E-state index contributed by atoms with van der Waals surface area (Å²) in [5, 5.41) is 2.94. The molecule has 1 aliphatic heterocycles. The summed E-state index contributed by atoms with van der Waals surface area (Å²) in [5.74, 6) is 2.31. The predicted octanol–water partition coefficient (Wildman–Crippen LogP) is 3.22. The number of carbonyl (C=O) groups is 1. The normalized spacial score (nSPS) is 17.8. The zero-order valence-electron chi connectivity index (χ0n) is 18.4. The quantitative estimate of drug-likeness (QED) is 0.607. The first-order valence-electron chi connectivity index (χ1n) is 10.5. The molecule has 1 fully saturated rings. The summed E-state index contributed by atoms with van der Waals surface area (Å²) in [7, 11) is 1.62. The fourth-order valence-electron chi connectivity index (χ4n) is 3.19. The van der Waals surface area contributed by atoms with Crippen LogP contribution in [-0.2, 0) is 9.53 Å². The van der Waals surface area contributed by atoms with E-state index >= 15 is 0 Å². The van der Waals surface area contributed by atoms with E-state index < -0.39 is 0 Å². The molecular weight excluding hydrogens is 368 g/mol. The molecule has 1 unspecified atom stereocenters. The molecule has 1 atom stereocenters. The zero-order chi connectivity index (χ0) is 21.2. The van der Waals surface area contributed by atoms with E-state index in [2.05, 4.69) is 37.9 Å². The second kappa shape index (κ2) is 11.8. The van der Waals surface area contributed by atoms with Gasteiger partial charge >= 0.3 is 0 Å². The van der Waals surface area contributed by atoms with Crippen molar-refractivity contribution in [2.45, 2.75) is 33.8 Å². The van der Waals surface area contributed by atoms with Gasteiger partial charge in [-0.1, -0.05) is 33.8 Å². The monoisotopic (exact) mass is 404 g/mol. The summed E-state index contributed by atoms with van der Waals surface area (Å²) in [5.41, 5.74) is 0.880. The largest absolute Gasteiger partial charge is 0.493 e. The van der Waals surface area contributed by atoms with Crippen molar-refractivity contribution in [1.29, 1.82) is 0 Å². The van der Waals surface area contributed by atoms with E-state index in [0.717, 1.165) is 25.2 Å². The van der Waals surface area contributed by atoms with Crippen LogP contribution in [-0.4, -0.2) is 63.4 Å². The van der Waals surface area contributed by atoms with Crippen LogP contribution in [0.2, 0.25) is 0 Å². The summed E-state index contributed by atoms with van der Waals surface area (Å²) in [6.07, 6.45) is 3.35. The number of nitrogens with zero attached hydrogens (tertiary/aromatic N) is 1. The van der Waals surface area contributed by atoms with E-state index in [1.807, 2.05) is 18.2 Å². The van der Waals surface area contributed by atoms with Gasteiger partial charge in [0.05, 0.1) is 26.4 Å². The van der Waals surface area contributed by atoms with Gasteiger partial charge in [0, 0.05) is 32.3 Å². The molecule has 0 radical (unpaired) electrons. The van der Waals surface area contributed by atoms with Crippen LogP contribution >= 0.6 is 0 Å². The molecule has 6 nitrogen and oxygen atoms in total. The topological polar surface area (TPSA) is 60.0 Å². The molecule has 0 aromatic heterocycles. The number of carbonyl (C=O) groups excluding carboxylic acids is 1. The van der Waals surface area contributed by atoms with Gasteiger partial charge < -0.3 is 19.5 Å². The Morgan fingerprint density at radius 1 is 1.28 bits per heavy atom. The van der Waals surface area contributed by atoms with Crippen molar-refractivity contribution in [2.75, 3.05) is 46.5 Å². The number of morpholine rings is 1. The maximum atomic E-state index is 12.2. The van der Waals surface area contributed by atoms with E-state index in [1.54, 1.807) is 13.2 Å². The zero-order valence-corrected chi connectivity index (χ0v) is 18.4. The van der Waals surface area contributed by atoms with Crippen molar-refractivity contribution >= 4 is 12.0 Å². The van der Waals surface area contributed by atoms with Crippen molar-refractivity contribution in [1.82, 2.24) is 10.2 Å². The molecular formula is C23H36N2O4. The third-order valence-electron chi connectivity index (χ3n) is 4.54. The molecule has 1 amide bonds. The highest BCUT2D eigenvalue weighted by atomic mass is 16.5. The Labute approximate surface area is 175 Å². The summed E-state index contributed by atoms with van der Waals surface area (Å²) < 4.78 is 16.9. The number of ether oxygens (including phenoxy) is 3. The minimum Gasteiger partial charge on any atom is -0.493 e. The van der Waals surface area contributed by atoms with Gasteiger partial charge in [0.15, 0.2) is 11.5 Å². The number of rotatable bonds is 10. The average molecular weight is 405 g/mol. The van der Waals surface area contributed by atoms with E-state index in [1.165, 1.54) is 6.08 Å². The highest BCUT2D eigenvalue weighted by Gasteiger charge is 2.21. The molecule has 1 aromatic rings. The van der Waals surface area contributed by atoms with Crippen LogP contribution in [0.1, 0.15) is 33.3 Å². The number of nitrogens with one attached hydrogen (secondary N) is 1. The molecule has 0 aliphatic carbocycles. The standard InChI is InChI=1S/C23H36N2O4/c1-17(2)14-25-10-11-28-20(15-25)13-24-23(26)9-7-19-6-8-21(22(12-19)27-5)29-16-18(3)4/h6-9,12,17-18,20H,10-11,13-16H2,1-5H3,(H,24,26)/b9-7+. The van der Waals surface area contributed by atoms with Crippen LogP contribution in [0, 0.1) is 11.8 Å². The fourth-order valence-corrected chi connectivity index (χ4v) is 3.19. The molecule has 0 spiro atoms. The number of methoxy groups -OCH3 is 1. The summed E-state index contributed by atoms with van der Waals surface area (Å²) in [6.45, 7) is 13.4. The second-order valence-electron chi connectivity index (χ2n) is 8.34. The molecule has 1 aliphatic rings. The number of amides is 1. The highest BCUT2D eigenvalue weighted by Crippen LogP contribution is 2.29. The Morgan fingerprint density at radius 3 is 2.76 bits per heavy atom. The van der Waals surface area contributed by atoms with Gasteiger partial charge in [-0.2, -0.15) is 0 Å². The van der Waals surface area contributed by atoms with Gasteiger partial charge in [-0.3, -0.25) is 9.69 Å². The number of hydrogen-bond donors (Lipinski definition) is 1. The van der Waals surface area contributed by atoms with Crippen LogP contribution in [0.5, 0.6) is 11.5 Å². The smallest absolute Gasteiger partial charge is 0.244 e. The molecule has 29 heavy (non-hydrogen) atoms. The molecule has 162 valence electrons. The van der Waals surface area contributed by atoms with Crippen LogP contribution in [0.4, 0.5) is 0 Å². The molecule has 0 bridgehead atoms. The van der Waals surface area contributed by atoms with Crippen molar-refractivity contribution in [3.63, 3.8) is 0 Å². The van der Waals surface area contributed by atoms with E-state index in [-0.39, 0.29) is 12.0 Å². The van der Waals surface area contributed by atoms with Gasteiger partial charge in [0.25, 0.3) is 0 Å². The van der Waals surface area contributed by atoms with Gasteiger partial charge in [0.2, 0.25) is 5.91 Å². The molecule has 1 saturated heterocycles. The summed E-state index contributed by atoms with van der Waals surface area (Å²) in [6, 6.07) is 5.65. The Hall–Kier alpha value is -2.05. The maximum Gasteiger partial charge on any atom is 0.244 e. The van der Waals surface area contributed by atoms with Crippen molar-refractivity contribution in [3.8, 4) is 11.5 Å². The van der Waals surface area contributed by atoms with E-state index in [4.69, 9.17) is 14.2 Å².